The third kappa shape index (κ3) is 3.48. The van der Waals surface area contributed by atoms with Crippen LogP contribution < -0.4 is 11.1 Å². The summed E-state index contributed by atoms with van der Waals surface area (Å²) in [6.07, 6.45) is 4.74. The minimum Gasteiger partial charge on any atom is -0.409 e. The van der Waals surface area contributed by atoms with Gasteiger partial charge in [-0.3, -0.25) is 0 Å². The summed E-state index contributed by atoms with van der Waals surface area (Å²) in [4.78, 5) is 0. The molecule has 0 aromatic heterocycles. The van der Waals surface area contributed by atoms with Crippen LogP contribution in [0.1, 0.15) is 43.7 Å². The van der Waals surface area contributed by atoms with Gasteiger partial charge in [0.1, 0.15) is 5.82 Å². The minimum absolute atomic E-state index is 0.143. The van der Waals surface area contributed by atoms with Gasteiger partial charge in [0.25, 0.3) is 0 Å². The van der Waals surface area contributed by atoms with E-state index in [-0.39, 0.29) is 11.4 Å². The molecule has 1 fully saturated rings. The number of rotatable bonds is 4. The molecule has 4 nitrogen and oxygen atoms in total. The molecule has 1 aliphatic carbocycles. The third-order valence-corrected chi connectivity index (χ3v) is 4.06. The summed E-state index contributed by atoms with van der Waals surface area (Å²) in [6.45, 7) is 2.74. The van der Waals surface area contributed by atoms with Gasteiger partial charge in [-0.2, -0.15) is 0 Å². The first-order valence-electron chi connectivity index (χ1n) is 7.10. The molecule has 5 heteroatoms. The van der Waals surface area contributed by atoms with E-state index in [1.807, 2.05) is 0 Å². The number of nitrogens with zero attached hydrogens (tertiary/aromatic N) is 1. The lowest BCUT2D eigenvalue weighted by Gasteiger charge is -2.27. The summed E-state index contributed by atoms with van der Waals surface area (Å²) < 4.78 is 14.2. The van der Waals surface area contributed by atoms with E-state index in [2.05, 4.69) is 17.4 Å². The van der Waals surface area contributed by atoms with E-state index >= 15 is 0 Å². The highest BCUT2D eigenvalue weighted by Gasteiger charge is 2.18. The molecule has 0 spiro atoms. The number of hydrogen-bond donors (Lipinski definition) is 3. The van der Waals surface area contributed by atoms with Crippen molar-refractivity contribution in [3.63, 3.8) is 0 Å². The molecule has 1 aromatic rings. The lowest BCUT2D eigenvalue weighted by Crippen LogP contribution is -2.32. The summed E-state index contributed by atoms with van der Waals surface area (Å²) >= 11 is 0. The van der Waals surface area contributed by atoms with Crippen LogP contribution in [0.2, 0.25) is 0 Å². The van der Waals surface area contributed by atoms with Gasteiger partial charge in [0.2, 0.25) is 0 Å². The van der Waals surface area contributed by atoms with Crippen molar-refractivity contribution >= 4 is 5.84 Å². The zero-order chi connectivity index (χ0) is 14.5. The predicted octanol–water partition coefficient (Wildman–Crippen LogP) is 2.59. The van der Waals surface area contributed by atoms with Gasteiger partial charge in [0.05, 0.1) is 5.56 Å². The minimum atomic E-state index is -0.417. The SMILES string of the molecule is CC1CCC(NCc2cccc(/C(N)=N/O)c2F)CC1. The average Bonchev–Trinajstić information content (AvgIpc) is 2.47. The normalized spacial score (nSPS) is 23.8. The molecule has 20 heavy (non-hydrogen) atoms. The maximum Gasteiger partial charge on any atom is 0.173 e. The van der Waals surface area contributed by atoms with Crippen molar-refractivity contribution in [3.8, 4) is 0 Å². The molecular weight excluding hydrogens is 257 g/mol. The first-order chi connectivity index (χ1) is 9.61. The maximum atomic E-state index is 14.2. The molecule has 0 atom stereocenters. The molecule has 1 aromatic carbocycles. The van der Waals surface area contributed by atoms with Gasteiger partial charge < -0.3 is 16.3 Å². The molecule has 1 saturated carbocycles. The summed E-state index contributed by atoms with van der Waals surface area (Å²) in [5.74, 6) is 0.184. The van der Waals surface area contributed by atoms with Gasteiger partial charge in [-0.1, -0.05) is 24.2 Å². The van der Waals surface area contributed by atoms with Gasteiger partial charge in [0, 0.05) is 18.2 Å². The second kappa shape index (κ2) is 6.70. The summed E-state index contributed by atoms with van der Waals surface area (Å²) in [6, 6.07) is 5.41. The Kier molecular flexibility index (Phi) is 4.95. The van der Waals surface area contributed by atoms with Crippen molar-refractivity contribution in [3.05, 3.63) is 35.1 Å². The van der Waals surface area contributed by atoms with Crippen LogP contribution in [0, 0.1) is 11.7 Å². The lowest BCUT2D eigenvalue weighted by atomic mass is 9.87. The van der Waals surface area contributed by atoms with E-state index in [4.69, 9.17) is 10.9 Å². The van der Waals surface area contributed by atoms with Crippen LogP contribution in [-0.2, 0) is 6.54 Å². The second-order valence-corrected chi connectivity index (χ2v) is 5.60. The topological polar surface area (TPSA) is 70.6 Å². The summed E-state index contributed by atoms with van der Waals surface area (Å²) in [5.41, 5.74) is 6.15. The average molecular weight is 279 g/mol. The van der Waals surface area contributed by atoms with Gasteiger partial charge in [-0.25, -0.2) is 4.39 Å². The highest BCUT2D eigenvalue weighted by molar-refractivity contribution is 5.97. The van der Waals surface area contributed by atoms with Crippen LogP contribution in [0.15, 0.2) is 23.4 Å². The fraction of sp³-hybridized carbons (Fsp3) is 0.533. The highest BCUT2D eigenvalue weighted by atomic mass is 19.1. The number of oxime groups is 1. The van der Waals surface area contributed by atoms with Crippen molar-refractivity contribution < 1.29 is 9.60 Å². The molecule has 0 amide bonds. The van der Waals surface area contributed by atoms with Gasteiger partial charge in [-0.05, 0) is 37.7 Å². The van der Waals surface area contributed by atoms with Crippen LogP contribution in [0.25, 0.3) is 0 Å². The molecule has 0 heterocycles. The summed E-state index contributed by atoms with van der Waals surface area (Å²) in [5, 5.41) is 14.9. The van der Waals surface area contributed by atoms with E-state index in [1.54, 1.807) is 12.1 Å². The quantitative estimate of drug-likeness (QED) is 0.343. The third-order valence-electron chi connectivity index (χ3n) is 4.06. The second-order valence-electron chi connectivity index (χ2n) is 5.60. The lowest BCUT2D eigenvalue weighted by molar-refractivity contribution is 0.305. The molecular formula is C15H22FN3O. The van der Waals surface area contributed by atoms with Gasteiger partial charge >= 0.3 is 0 Å². The molecule has 1 aliphatic rings. The molecule has 110 valence electrons. The number of nitrogens with one attached hydrogen (secondary N) is 1. The summed E-state index contributed by atoms with van der Waals surface area (Å²) in [7, 11) is 0. The molecule has 0 saturated heterocycles. The van der Waals surface area contributed by atoms with Crippen molar-refractivity contribution in [2.75, 3.05) is 0 Å². The van der Waals surface area contributed by atoms with Gasteiger partial charge in [-0.15, -0.1) is 0 Å². The number of hydrogen-bond acceptors (Lipinski definition) is 3. The monoisotopic (exact) mass is 279 g/mol. The molecule has 0 radical (unpaired) electrons. The molecule has 0 aliphatic heterocycles. The maximum absolute atomic E-state index is 14.2. The number of halogens is 1. The molecule has 4 N–H and O–H groups in total. The zero-order valence-electron chi connectivity index (χ0n) is 11.8. The van der Waals surface area contributed by atoms with E-state index in [0.29, 0.717) is 18.2 Å². The first kappa shape index (κ1) is 14.8. The number of nitrogens with two attached hydrogens (primary N) is 1. The Morgan fingerprint density at radius 1 is 1.40 bits per heavy atom. The fourth-order valence-electron chi connectivity index (χ4n) is 2.69. The van der Waals surface area contributed by atoms with Crippen molar-refractivity contribution in [2.45, 2.75) is 45.2 Å². The van der Waals surface area contributed by atoms with Gasteiger partial charge in [0.15, 0.2) is 5.84 Å². The highest BCUT2D eigenvalue weighted by Crippen LogP contribution is 2.24. The Labute approximate surface area is 118 Å². The van der Waals surface area contributed by atoms with E-state index < -0.39 is 5.82 Å². The molecule has 0 bridgehead atoms. The van der Waals surface area contributed by atoms with Crippen LogP contribution in [0.3, 0.4) is 0 Å². The zero-order valence-corrected chi connectivity index (χ0v) is 11.8. The van der Waals surface area contributed by atoms with Crippen molar-refractivity contribution in [2.24, 2.45) is 16.8 Å². The van der Waals surface area contributed by atoms with Crippen LogP contribution in [0.4, 0.5) is 4.39 Å². The standard InChI is InChI=1S/C15H22FN3O/c1-10-5-7-12(8-6-10)18-9-11-3-2-4-13(14(11)16)15(17)19-20/h2-4,10,12,18,20H,5-9H2,1H3,(H2,17,19). The Bertz CT molecular complexity index is 482. The molecule has 2 rings (SSSR count). The van der Waals surface area contributed by atoms with E-state index in [9.17, 15) is 4.39 Å². The largest absolute Gasteiger partial charge is 0.409 e. The van der Waals surface area contributed by atoms with E-state index in [1.165, 1.54) is 18.9 Å². The van der Waals surface area contributed by atoms with E-state index in [0.717, 1.165) is 18.8 Å². The van der Waals surface area contributed by atoms with Crippen molar-refractivity contribution in [1.82, 2.24) is 5.32 Å². The Balaban J connectivity index is 1.99. The number of benzene rings is 1. The first-order valence-corrected chi connectivity index (χ1v) is 7.10. The Morgan fingerprint density at radius 3 is 2.75 bits per heavy atom. The van der Waals surface area contributed by atoms with Crippen molar-refractivity contribution in [1.29, 1.82) is 0 Å². The van der Waals surface area contributed by atoms with Crippen LogP contribution in [0.5, 0.6) is 0 Å². The fourth-order valence-corrected chi connectivity index (χ4v) is 2.69. The van der Waals surface area contributed by atoms with Crippen LogP contribution >= 0.6 is 0 Å². The smallest absolute Gasteiger partial charge is 0.173 e. The Morgan fingerprint density at radius 2 is 2.10 bits per heavy atom. The Hall–Kier alpha value is -1.62. The number of amidine groups is 1. The predicted molar refractivity (Wildman–Crippen MR) is 77.2 cm³/mol. The van der Waals surface area contributed by atoms with Crippen LogP contribution in [-0.4, -0.2) is 17.1 Å². The molecule has 0 unspecified atom stereocenters.